The molecular formula is C19H14N2O2S. The summed E-state index contributed by atoms with van der Waals surface area (Å²) >= 11 is 1.48. The van der Waals surface area contributed by atoms with E-state index in [4.69, 9.17) is 4.99 Å². The molecule has 0 aliphatic heterocycles. The Morgan fingerprint density at radius 2 is 1.42 bits per heavy atom. The zero-order chi connectivity index (χ0) is 16.8. The minimum Gasteiger partial charge on any atom is -0.258 e. The monoisotopic (exact) mass is 334 g/mol. The zero-order valence-corrected chi connectivity index (χ0v) is 13.5. The highest BCUT2D eigenvalue weighted by Crippen LogP contribution is 2.28. The normalized spacial score (nSPS) is 11.2. The summed E-state index contributed by atoms with van der Waals surface area (Å²) in [6.07, 6.45) is 0. The standard InChI is InChI=1S/C19H14N2O2S/c22-21(23)17-11-13-18(14-12-17)24-19(15-7-3-1-4-8-15)20-16-9-5-2-6-10-16/h1-14H. The second kappa shape index (κ2) is 7.57. The molecule has 0 spiro atoms. The zero-order valence-electron chi connectivity index (χ0n) is 12.7. The van der Waals surface area contributed by atoms with Gasteiger partial charge in [-0.3, -0.25) is 10.1 Å². The Labute approximate surface area is 144 Å². The molecule has 0 bridgehead atoms. The Morgan fingerprint density at radius 1 is 0.833 bits per heavy atom. The molecule has 118 valence electrons. The van der Waals surface area contributed by atoms with Gasteiger partial charge in [-0.2, -0.15) is 0 Å². The summed E-state index contributed by atoms with van der Waals surface area (Å²) < 4.78 is 0. The lowest BCUT2D eigenvalue weighted by molar-refractivity contribution is -0.384. The van der Waals surface area contributed by atoms with Crippen LogP contribution in [-0.4, -0.2) is 9.97 Å². The molecule has 0 aliphatic rings. The van der Waals surface area contributed by atoms with Crippen molar-refractivity contribution in [1.29, 1.82) is 0 Å². The summed E-state index contributed by atoms with van der Waals surface area (Å²) in [6.45, 7) is 0. The van der Waals surface area contributed by atoms with Crippen LogP contribution in [0.15, 0.2) is 94.8 Å². The topological polar surface area (TPSA) is 55.5 Å². The van der Waals surface area contributed by atoms with E-state index in [2.05, 4.69) is 0 Å². The van der Waals surface area contributed by atoms with Gasteiger partial charge < -0.3 is 0 Å². The Morgan fingerprint density at radius 3 is 2.00 bits per heavy atom. The molecule has 0 amide bonds. The van der Waals surface area contributed by atoms with Gasteiger partial charge in [-0.1, -0.05) is 60.3 Å². The molecule has 0 N–H and O–H groups in total. The summed E-state index contributed by atoms with van der Waals surface area (Å²) in [5.74, 6) is 0. The highest BCUT2D eigenvalue weighted by molar-refractivity contribution is 8.14. The van der Waals surface area contributed by atoms with Crippen LogP contribution in [-0.2, 0) is 0 Å². The molecule has 24 heavy (non-hydrogen) atoms. The van der Waals surface area contributed by atoms with Crippen molar-refractivity contribution in [2.45, 2.75) is 4.90 Å². The first-order valence-corrected chi connectivity index (χ1v) is 8.15. The van der Waals surface area contributed by atoms with Crippen LogP contribution in [0.5, 0.6) is 0 Å². The molecule has 3 aromatic rings. The molecule has 0 saturated heterocycles. The summed E-state index contributed by atoms with van der Waals surface area (Å²) in [7, 11) is 0. The maximum atomic E-state index is 10.8. The third-order valence-electron chi connectivity index (χ3n) is 3.27. The third-order valence-corrected chi connectivity index (χ3v) is 4.30. The lowest BCUT2D eigenvalue weighted by Gasteiger charge is -2.07. The molecule has 0 atom stereocenters. The van der Waals surface area contributed by atoms with Gasteiger partial charge in [0.2, 0.25) is 0 Å². The van der Waals surface area contributed by atoms with Crippen molar-refractivity contribution in [3.63, 3.8) is 0 Å². The van der Waals surface area contributed by atoms with E-state index in [0.29, 0.717) is 0 Å². The van der Waals surface area contributed by atoms with E-state index in [9.17, 15) is 10.1 Å². The quantitative estimate of drug-likeness (QED) is 0.209. The number of nitro benzene ring substituents is 1. The number of non-ortho nitro benzene ring substituents is 1. The number of para-hydroxylation sites is 1. The van der Waals surface area contributed by atoms with Crippen molar-refractivity contribution in [2.24, 2.45) is 4.99 Å². The van der Waals surface area contributed by atoms with Crippen LogP contribution in [0.3, 0.4) is 0 Å². The number of nitro groups is 1. The van der Waals surface area contributed by atoms with Crippen LogP contribution in [0.2, 0.25) is 0 Å². The van der Waals surface area contributed by atoms with E-state index in [-0.39, 0.29) is 5.69 Å². The number of benzene rings is 3. The van der Waals surface area contributed by atoms with Gasteiger partial charge in [0.25, 0.3) is 5.69 Å². The highest BCUT2D eigenvalue weighted by atomic mass is 32.2. The molecule has 0 aliphatic carbocycles. The van der Waals surface area contributed by atoms with Gasteiger partial charge in [-0.25, -0.2) is 4.99 Å². The van der Waals surface area contributed by atoms with Crippen LogP contribution < -0.4 is 0 Å². The summed E-state index contributed by atoms with van der Waals surface area (Å²) in [5, 5.41) is 11.6. The molecular weight excluding hydrogens is 320 g/mol. The molecule has 3 aromatic carbocycles. The van der Waals surface area contributed by atoms with Crippen LogP contribution >= 0.6 is 11.8 Å². The molecule has 0 saturated carbocycles. The Kier molecular flexibility index (Phi) is 5.03. The van der Waals surface area contributed by atoms with E-state index in [0.717, 1.165) is 21.2 Å². The molecule has 0 fully saturated rings. The highest BCUT2D eigenvalue weighted by Gasteiger charge is 2.09. The summed E-state index contributed by atoms with van der Waals surface area (Å²) in [5.41, 5.74) is 1.95. The van der Waals surface area contributed by atoms with Crippen LogP contribution in [0, 0.1) is 10.1 Å². The minimum atomic E-state index is -0.398. The molecule has 0 heterocycles. The van der Waals surface area contributed by atoms with Crippen molar-refractivity contribution < 1.29 is 4.92 Å². The minimum absolute atomic E-state index is 0.0839. The largest absolute Gasteiger partial charge is 0.269 e. The maximum absolute atomic E-state index is 10.8. The Balaban J connectivity index is 1.93. The van der Waals surface area contributed by atoms with E-state index in [1.54, 1.807) is 12.1 Å². The van der Waals surface area contributed by atoms with Crippen molar-refractivity contribution in [3.8, 4) is 0 Å². The lowest BCUT2D eigenvalue weighted by atomic mass is 10.2. The molecule has 3 rings (SSSR count). The van der Waals surface area contributed by atoms with E-state index >= 15 is 0 Å². The second-order valence-electron chi connectivity index (χ2n) is 4.97. The average Bonchev–Trinajstić information content (AvgIpc) is 2.63. The van der Waals surface area contributed by atoms with Crippen molar-refractivity contribution in [3.05, 3.63) is 101 Å². The van der Waals surface area contributed by atoms with Crippen molar-refractivity contribution >= 4 is 28.2 Å². The summed E-state index contributed by atoms with van der Waals surface area (Å²) in [4.78, 5) is 16.0. The molecule has 5 heteroatoms. The molecule has 0 aromatic heterocycles. The molecule has 0 unspecified atom stereocenters. The van der Waals surface area contributed by atoms with E-state index < -0.39 is 4.92 Å². The van der Waals surface area contributed by atoms with E-state index in [1.807, 2.05) is 60.7 Å². The molecule has 0 radical (unpaired) electrons. The summed E-state index contributed by atoms with van der Waals surface area (Å²) in [6, 6.07) is 26.1. The fourth-order valence-electron chi connectivity index (χ4n) is 2.09. The van der Waals surface area contributed by atoms with Crippen molar-refractivity contribution in [1.82, 2.24) is 0 Å². The fourth-order valence-corrected chi connectivity index (χ4v) is 2.99. The molecule has 4 nitrogen and oxygen atoms in total. The predicted octanol–water partition coefficient (Wildman–Crippen LogP) is 5.47. The number of nitrogens with zero attached hydrogens (tertiary/aromatic N) is 2. The van der Waals surface area contributed by atoms with Gasteiger partial charge >= 0.3 is 0 Å². The van der Waals surface area contributed by atoms with Gasteiger partial charge in [0.1, 0.15) is 5.04 Å². The SMILES string of the molecule is O=[N+]([O-])c1ccc(SC(=Nc2ccccc2)c2ccccc2)cc1. The smallest absolute Gasteiger partial charge is 0.258 e. The second-order valence-corrected chi connectivity index (χ2v) is 6.03. The Hall–Kier alpha value is -2.92. The first kappa shape index (κ1) is 16.0. The van der Waals surface area contributed by atoms with Gasteiger partial charge in [0, 0.05) is 22.6 Å². The fraction of sp³-hybridized carbons (Fsp3) is 0. The maximum Gasteiger partial charge on any atom is 0.269 e. The lowest BCUT2D eigenvalue weighted by Crippen LogP contribution is -1.95. The average molecular weight is 334 g/mol. The number of rotatable bonds is 4. The first-order valence-electron chi connectivity index (χ1n) is 7.34. The number of aliphatic imine (C=N–C) groups is 1. The van der Waals surface area contributed by atoms with Gasteiger partial charge in [0.15, 0.2) is 0 Å². The third kappa shape index (κ3) is 4.08. The van der Waals surface area contributed by atoms with Gasteiger partial charge in [0.05, 0.1) is 10.6 Å². The number of hydrogen-bond acceptors (Lipinski definition) is 4. The van der Waals surface area contributed by atoms with Crippen LogP contribution in [0.25, 0.3) is 0 Å². The predicted molar refractivity (Wildman–Crippen MR) is 98.0 cm³/mol. The number of thioether (sulfide) groups is 1. The van der Waals surface area contributed by atoms with Crippen LogP contribution in [0.4, 0.5) is 11.4 Å². The first-order chi connectivity index (χ1) is 11.7. The van der Waals surface area contributed by atoms with E-state index in [1.165, 1.54) is 23.9 Å². The van der Waals surface area contributed by atoms with Gasteiger partial charge in [-0.05, 0) is 24.3 Å². The van der Waals surface area contributed by atoms with Crippen molar-refractivity contribution in [2.75, 3.05) is 0 Å². The van der Waals surface area contributed by atoms with Gasteiger partial charge in [-0.15, -0.1) is 0 Å². The number of hydrogen-bond donors (Lipinski definition) is 0. The van der Waals surface area contributed by atoms with Crippen LogP contribution in [0.1, 0.15) is 5.56 Å². The Bertz CT molecular complexity index is 848.